The van der Waals surface area contributed by atoms with E-state index in [-0.39, 0.29) is 6.61 Å². The fraction of sp³-hybridized carbons (Fsp3) is 1.00. The summed E-state index contributed by atoms with van der Waals surface area (Å²) < 4.78 is 33.4. The van der Waals surface area contributed by atoms with Crippen LogP contribution in [0, 0.1) is 0 Å². The first kappa shape index (κ1) is 30.0. The number of hydrogen-bond acceptors (Lipinski definition) is 4. The number of unbranched alkanes of at least 4 members (excludes halogenated alkanes) is 9. The van der Waals surface area contributed by atoms with Gasteiger partial charge in [0.25, 0.3) is 0 Å². The van der Waals surface area contributed by atoms with Gasteiger partial charge >= 0.3 is 0 Å². The number of hydrogen-bond donors (Lipinski definition) is 0. The van der Waals surface area contributed by atoms with Crippen LogP contribution in [-0.2, 0) is 14.6 Å². The lowest BCUT2D eigenvalue weighted by atomic mass is 10.1. The van der Waals surface area contributed by atoms with Crippen LogP contribution in [-0.4, -0.2) is 50.2 Å². The molecule has 0 saturated carbocycles. The predicted molar refractivity (Wildman–Crippen MR) is 119 cm³/mol. The van der Waals surface area contributed by atoms with E-state index in [2.05, 4.69) is 31.9 Å². The Hall–Kier alpha value is -0.170. The van der Waals surface area contributed by atoms with Crippen molar-refractivity contribution in [2.45, 2.75) is 112 Å². The minimum atomic E-state index is -4.42. The maximum Gasteiger partial charge on any atom is 0.217 e. The molecule has 0 aliphatic heterocycles. The van der Waals surface area contributed by atoms with Gasteiger partial charge < -0.3 is 9.04 Å². The minimum Gasteiger partial charge on any atom is -0.726 e. The average Bonchev–Trinajstić information content (AvgIpc) is 2.65. The Balaban J connectivity index is 0. The topological polar surface area (TPSA) is 66.4 Å². The fourth-order valence-corrected chi connectivity index (χ4v) is 3.86. The third kappa shape index (κ3) is 20.6. The van der Waals surface area contributed by atoms with Gasteiger partial charge in [-0.05, 0) is 52.4 Å². The van der Waals surface area contributed by atoms with Gasteiger partial charge in [0, 0.05) is 0 Å². The molecule has 0 fully saturated rings. The maximum absolute atomic E-state index is 9.45. The molecule has 0 amide bonds. The molecule has 0 rings (SSSR count). The van der Waals surface area contributed by atoms with Crippen LogP contribution in [0.25, 0.3) is 0 Å². The second-order valence-electron chi connectivity index (χ2n) is 7.83. The summed E-state index contributed by atoms with van der Waals surface area (Å²) in [5.74, 6) is 0. The quantitative estimate of drug-likeness (QED) is 0.116. The van der Waals surface area contributed by atoms with Crippen LogP contribution in [0.1, 0.15) is 112 Å². The normalized spacial score (nSPS) is 11.9. The molecule has 0 unspecified atom stereocenters. The summed E-state index contributed by atoms with van der Waals surface area (Å²) in [6.45, 7) is 16.4. The van der Waals surface area contributed by atoms with Crippen molar-refractivity contribution in [3.63, 3.8) is 0 Å². The van der Waals surface area contributed by atoms with Gasteiger partial charge in [0.2, 0.25) is 10.4 Å². The highest BCUT2D eigenvalue weighted by Crippen LogP contribution is 2.17. The van der Waals surface area contributed by atoms with Crippen molar-refractivity contribution in [1.29, 1.82) is 0 Å². The molecule has 0 radical (unpaired) electrons. The number of nitrogens with zero attached hydrogens (tertiary/aromatic N) is 1. The van der Waals surface area contributed by atoms with E-state index in [4.69, 9.17) is 0 Å². The van der Waals surface area contributed by atoms with Crippen LogP contribution < -0.4 is 0 Å². The largest absolute Gasteiger partial charge is 0.726 e. The van der Waals surface area contributed by atoms with Crippen molar-refractivity contribution < 1.29 is 21.6 Å². The molecule has 0 aliphatic rings. The van der Waals surface area contributed by atoms with E-state index in [1.54, 1.807) is 0 Å². The summed E-state index contributed by atoms with van der Waals surface area (Å²) in [6, 6.07) is 0. The van der Waals surface area contributed by atoms with Crippen LogP contribution in [0.15, 0.2) is 0 Å². The summed E-state index contributed by atoms with van der Waals surface area (Å²) in [7, 11) is -4.42. The van der Waals surface area contributed by atoms with E-state index in [1.165, 1.54) is 115 Å². The van der Waals surface area contributed by atoms with Crippen molar-refractivity contribution in [1.82, 2.24) is 0 Å². The molecule has 28 heavy (non-hydrogen) atoms. The van der Waals surface area contributed by atoms with E-state index in [0.29, 0.717) is 0 Å². The van der Waals surface area contributed by atoms with Gasteiger partial charge in [0.15, 0.2) is 0 Å². The van der Waals surface area contributed by atoms with E-state index in [9.17, 15) is 13.0 Å². The van der Waals surface area contributed by atoms with Crippen LogP contribution in [0.2, 0.25) is 0 Å². The van der Waals surface area contributed by atoms with Crippen LogP contribution in [0.5, 0.6) is 0 Å². The standard InChI is InChI=1S/C20H44N.C2H6O4S/c1-5-9-12-15-18-21(8-4,19-16-13-10-6-2)20-17-14-11-7-3;1-2-6-7(3,4)5/h5-20H2,1-4H3;2H2,1H3,(H,3,4,5)/q+1;/p-1. The Labute approximate surface area is 176 Å². The van der Waals surface area contributed by atoms with E-state index >= 15 is 0 Å². The molecule has 0 N–H and O–H groups in total. The zero-order chi connectivity index (χ0) is 21.7. The number of quaternary nitrogens is 1. The van der Waals surface area contributed by atoms with E-state index < -0.39 is 10.4 Å². The molecule has 172 valence electrons. The molecule has 6 heteroatoms. The zero-order valence-electron chi connectivity index (χ0n) is 19.5. The van der Waals surface area contributed by atoms with Gasteiger partial charge in [0.1, 0.15) is 0 Å². The first-order valence-electron chi connectivity index (χ1n) is 11.8. The van der Waals surface area contributed by atoms with Crippen LogP contribution in [0.4, 0.5) is 0 Å². The van der Waals surface area contributed by atoms with Crippen LogP contribution in [0.3, 0.4) is 0 Å². The fourth-order valence-electron chi connectivity index (χ4n) is 3.58. The average molecular weight is 424 g/mol. The molecule has 0 atom stereocenters. The monoisotopic (exact) mass is 423 g/mol. The van der Waals surface area contributed by atoms with Crippen molar-refractivity contribution in [3.8, 4) is 0 Å². The molecule has 0 aromatic carbocycles. The van der Waals surface area contributed by atoms with E-state index in [1.807, 2.05) is 0 Å². The molecule has 0 aliphatic carbocycles. The van der Waals surface area contributed by atoms with Gasteiger partial charge in [-0.15, -0.1) is 0 Å². The highest BCUT2D eigenvalue weighted by Gasteiger charge is 2.23. The lowest BCUT2D eigenvalue weighted by molar-refractivity contribution is -0.927. The molecule has 0 heterocycles. The van der Waals surface area contributed by atoms with Gasteiger partial charge in [-0.2, -0.15) is 0 Å². The Morgan fingerprint density at radius 3 is 1.18 bits per heavy atom. The van der Waals surface area contributed by atoms with Crippen molar-refractivity contribution >= 4 is 10.4 Å². The smallest absolute Gasteiger partial charge is 0.217 e. The molecular weight excluding hydrogens is 374 g/mol. The predicted octanol–water partition coefficient (Wildman–Crippen LogP) is 6.05. The van der Waals surface area contributed by atoms with Crippen molar-refractivity contribution in [2.24, 2.45) is 0 Å². The summed E-state index contributed by atoms with van der Waals surface area (Å²) in [5.41, 5.74) is 0. The molecule has 0 saturated heterocycles. The number of rotatable bonds is 18. The lowest BCUT2D eigenvalue weighted by Gasteiger charge is -2.38. The zero-order valence-corrected chi connectivity index (χ0v) is 20.3. The third-order valence-corrected chi connectivity index (χ3v) is 5.92. The second-order valence-corrected chi connectivity index (χ2v) is 8.88. The minimum absolute atomic E-state index is 0.0914. The first-order chi connectivity index (χ1) is 13.3. The second kappa shape index (κ2) is 20.1. The molecule has 0 spiro atoms. The molecule has 0 aromatic rings. The van der Waals surface area contributed by atoms with Gasteiger partial charge in [0.05, 0.1) is 32.8 Å². The summed E-state index contributed by atoms with van der Waals surface area (Å²) in [6.07, 6.45) is 17.0. The Bertz CT molecular complexity index is 381. The highest BCUT2D eigenvalue weighted by molar-refractivity contribution is 7.80. The molecular formula is C22H49NO4S. The van der Waals surface area contributed by atoms with Crippen molar-refractivity contribution in [3.05, 3.63) is 0 Å². The molecule has 0 bridgehead atoms. The van der Waals surface area contributed by atoms with E-state index in [0.717, 1.165) is 0 Å². The Morgan fingerprint density at radius 1 is 0.643 bits per heavy atom. The molecule has 0 aromatic heterocycles. The van der Waals surface area contributed by atoms with Gasteiger partial charge in [-0.3, -0.25) is 4.18 Å². The third-order valence-electron chi connectivity index (χ3n) is 5.39. The first-order valence-corrected chi connectivity index (χ1v) is 13.1. The summed E-state index contributed by atoms with van der Waals surface area (Å²) >= 11 is 0. The SMILES string of the molecule is CCCCCC[N+](CC)(CCCCCC)CCCCCC.CCOS(=O)(=O)[O-]. The Morgan fingerprint density at radius 2 is 1.00 bits per heavy atom. The lowest BCUT2D eigenvalue weighted by Crippen LogP contribution is -2.50. The van der Waals surface area contributed by atoms with Crippen LogP contribution >= 0.6 is 0 Å². The van der Waals surface area contributed by atoms with Crippen molar-refractivity contribution in [2.75, 3.05) is 32.8 Å². The summed E-state index contributed by atoms with van der Waals surface area (Å²) in [5, 5.41) is 0. The van der Waals surface area contributed by atoms with Gasteiger partial charge in [-0.1, -0.05) is 59.3 Å². The maximum atomic E-state index is 9.45. The molecule has 5 nitrogen and oxygen atoms in total. The Kier molecular flexibility index (Phi) is 21.6. The summed E-state index contributed by atoms with van der Waals surface area (Å²) in [4.78, 5) is 0. The van der Waals surface area contributed by atoms with Gasteiger partial charge in [-0.25, -0.2) is 8.42 Å². The highest BCUT2D eigenvalue weighted by atomic mass is 32.3.